The fourth-order valence-corrected chi connectivity index (χ4v) is 2.62. The van der Waals surface area contributed by atoms with E-state index in [2.05, 4.69) is 20.7 Å². The van der Waals surface area contributed by atoms with Gasteiger partial charge in [-0.25, -0.2) is 9.59 Å². The van der Waals surface area contributed by atoms with Gasteiger partial charge in [-0.1, -0.05) is 28.1 Å². The summed E-state index contributed by atoms with van der Waals surface area (Å²) in [4.78, 5) is 23.3. The Morgan fingerprint density at radius 3 is 2.46 bits per heavy atom. The molecule has 0 aliphatic carbocycles. The molecular formula is C17H12BrNO5. The molecule has 122 valence electrons. The van der Waals surface area contributed by atoms with Gasteiger partial charge in [-0.05, 0) is 30.3 Å². The monoisotopic (exact) mass is 389 g/mol. The molecule has 2 aromatic carbocycles. The lowest BCUT2D eigenvalue weighted by Gasteiger charge is -2.03. The topological polar surface area (TPSA) is 91.8 Å². The normalized spacial score (nSPS) is 10.6. The van der Waals surface area contributed by atoms with Crippen molar-refractivity contribution in [2.75, 3.05) is 7.11 Å². The van der Waals surface area contributed by atoms with Gasteiger partial charge in [0.15, 0.2) is 0 Å². The van der Waals surface area contributed by atoms with Gasteiger partial charge in [0.05, 0.1) is 7.11 Å². The van der Waals surface area contributed by atoms with Gasteiger partial charge in [0, 0.05) is 15.4 Å². The highest BCUT2D eigenvalue weighted by molar-refractivity contribution is 9.10. The van der Waals surface area contributed by atoms with Crippen LogP contribution in [0.1, 0.15) is 10.4 Å². The molecule has 1 amide bonds. The molecule has 0 bridgehead atoms. The number of furan rings is 1. The number of hydrogen-bond acceptors (Lipinski definition) is 5. The number of primary amides is 1. The Kier molecular flexibility index (Phi) is 4.26. The zero-order valence-corrected chi connectivity index (χ0v) is 14.1. The lowest BCUT2D eigenvalue weighted by atomic mass is 10.1. The molecule has 0 saturated heterocycles. The van der Waals surface area contributed by atoms with Crippen LogP contribution in [0.15, 0.2) is 51.4 Å². The molecule has 0 unspecified atom stereocenters. The summed E-state index contributed by atoms with van der Waals surface area (Å²) < 4.78 is 16.4. The molecule has 0 atom stereocenters. The number of methoxy groups -OCH3 is 1. The van der Waals surface area contributed by atoms with Crippen LogP contribution in [0.2, 0.25) is 0 Å². The molecule has 0 radical (unpaired) electrons. The van der Waals surface area contributed by atoms with E-state index in [-0.39, 0.29) is 11.3 Å². The van der Waals surface area contributed by atoms with Crippen molar-refractivity contribution in [2.24, 2.45) is 5.73 Å². The number of ether oxygens (including phenoxy) is 2. The molecule has 2 N–H and O–H groups in total. The van der Waals surface area contributed by atoms with Crippen molar-refractivity contribution >= 4 is 39.0 Å². The first-order chi connectivity index (χ1) is 11.5. The zero-order valence-electron chi connectivity index (χ0n) is 12.5. The van der Waals surface area contributed by atoms with Crippen LogP contribution >= 0.6 is 15.9 Å². The van der Waals surface area contributed by atoms with Crippen molar-refractivity contribution in [3.05, 3.63) is 52.5 Å². The van der Waals surface area contributed by atoms with Gasteiger partial charge >= 0.3 is 12.1 Å². The van der Waals surface area contributed by atoms with Gasteiger partial charge in [-0.15, -0.1) is 0 Å². The average molecular weight is 390 g/mol. The summed E-state index contributed by atoms with van der Waals surface area (Å²) in [6.07, 6.45) is -1.18. The highest BCUT2D eigenvalue weighted by atomic mass is 79.9. The maximum Gasteiger partial charge on any atom is 0.412 e. The summed E-state index contributed by atoms with van der Waals surface area (Å²) in [7, 11) is 1.51. The van der Waals surface area contributed by atoms with E-state index in [0.29, 0.717) is 22.3 Å². The summed E-state index contributed by atoms with van der Waals surface area (Å²) in [5, 5.41) is 0.471. The summed E-state index contributed by atoms with van der Waals surface area (Å²) in [5.74, 6) is -0.0526. The smallest absolute Gasteiger partial charge is 0.412 e. The molecule has 0 aliphatic heterocycles. The molecule has 0 saturated carbocycles. The molecule has 1 aromatic heterocycles. The summed E-state index contributed by atoms with van der Waals surface area (Å²) >= 11 is 3.35. The molecule has 6 nitrogen and oxygen atoms in total. The van der Waals surface area contributed by atoms with E-state index in [0.717, 1.165) is 4.47 Å². The van der Waals surface area contributed by atoms with Crippen LogP contribution in [0.3, 0.4) is 0 Å². The fourth-order valence-electron chi connectivity index (χ4n) is 2.35. The van der Waals surface area contributed by atoms with Crippen LogP contribution < -0.4 is 10.5 Å². The van der Waals surface area contributed by atoms with Gasteiger partial charge in [-0.3, -0.25) is 0 Å². The third-order valence-corrected chi connectivity index (χ3v) is 3.93. The van der Waals surface area contributed by atoms with Crippen molar-refractivity contribution in [1.29, 1.82) is 0 Å². The number of hydrogen-bond donors (Lipinski definition) is 1. The van der Waals surface area contributed by atoms with Crippen molar-refractivity contribution in [3.63, 3.8) is 0 Å². The van der Waals surface area contributed by atoms with Crippen LogP contribution in [0.4, 0.5) is 4.79 Å². The SMILES string of the molecule is COc1ccc2oc(-c3ccc(Br)cc3)c(C(=O)OC(N)=O)c2c1. The Labute approximate surface area is 145 Å². The third kappa shape index (κ3) is 2.98. The molecule has 0 aliphatic rings. The first kappa shape index (κ1) is 16.1. The Morgan fingerprint density at radius 2 is 1.83 bits per heavy atom. The predicted molar refractivity (Wildman–Crippen MR) is 90.9 cm³/mol. The predicted octanol–water partition coefficient (Wildman–Crippen LogP) is 4.11. The quantitative estimate of drug-likeness (QED) is 0.537. The number of carbonyl (C=O) groups is 2. The number of amides is 1. The van der Waals surface area contributed by atoms with E-state index in [9.17, 15) is 9.59 Å². The van der Waals surface area contributed by atoms with Gasteiger partial charge < -0.3 is 19.6 Å². The van der Waals surface area contributed by atoms with Crippen LogP contribution in [0.25, 0.3) is 22.3 Å². The maximum atomic E-state index is 12.4. The maximum absolute atomic E-state index is 12.4. The number of rotatable bonds is 3. The molecular weight excluding hydrogens is 378 g/mol. The minimum atomic E-state index is -1.18. The first-order valence-corrected chi connectivity index (χ1v) is 7.67. The standard InChI is InChI=1S/C17H12BrNO5/c1-22-11-6-7-13-12(8-11)14(16(20)24-17(19)21)15(23-13)9-2-4-10(18)5-3-9/h2-8H,1H3,(H2,19,21). The first-order valence-electron chi connectivity index (χ1n) is 6.87. The molecule has 24 heavy (non-hydrogen) atoms. The second kappa shape index (κ2) is 6.37. The minimum absolute atomic E-state index is 0.116. The molecule has 7 heteroatoms. The minimum Gasteiger partial charge on any atom is -0.497 e. The second-order valence-corrected chi connectivity index (χ2v) is 5.80. The van der Waals surface area contributed by atoms with E-state index in [1.165, 1.54) is 7.11 Å². The highest BCUT2D eigenvalue weighted by Gasteiger charge is 2.25. The Balaban J connectivity index is 2.25. The Bertz CT molecular complexity index is 930. The number of halogens is 1. The largest absolute Gasteiger partial charge is 0.497 e. The molecule has 0 spiro atoms. The summed E-state index contributed by atoms with van der Waals surface area (Å²) in [6.45, 7) is 0. The second-order valence-electron chi connectivity index (χ2n) is 4.88. The van der Waals surface area contributed by atoms with E-state index in [4.69, 9.17) is 14.9 Å². The molecule has 3 aromatic rings. The van der Waals surface area contributed by atoms with Crippen molar-refractivity contribution in [2.45, 2.75) is 0 Å². The van der Waals surface area contributed by atoms with E-state index < -0.39 is 12.1 Å². The zero-order chi connectivity index (χ0) is 17.3. The molecule has 1 heterocycles. The number of benzene rings is 2. The molecule has 0 fully saturated rings. The van der Waals surface area contributed by atoms with Crippen LogP contribution in [-0.4, -0.2) is 19.2 Å². The van der Waals surface area contributed by atoms with Crippen LogP contribution in [-0.2, 0) is 4.74 Å². The van der Waals surface area contributed by atoms with E-state index in [1.807, 2.05) is 12.1 Å². The lowest BCUT2D eigenvalue weighted by molar-refractivity contribution is 0.0640. The Morgan fingerprint density at radius 1 is 1.12 bits per heavy atom. The van der Waals surface area contributed by atoms with Crippen molar-refractivity contribution < 1.29 is 23.5 Å². The van der Waals surface area contributed by atoms with E-state index >= 15 is 0 Å². The fraction of sp³-hybridized carbons (Fsp3) is 0.0588. The number of esters is 1. The number of fused-ring (bicyclic) bond motifs is 1. The lowest BCUT2D eigenvalue weighted by Crippen LogP contribution is -2.18. The van der Waals surface area contributed by atoms with Gasteiger partial charge in [0.1, 0.15) is 22.7 Å². The average Bonchev–Trinajstić information content (AvgIpc) is 2.93. The van der Waals surface area contributed by atoms with E-state index in [1.54, 1.807) is 30.3 Å². The number of nitrogens with two attached hydrogens (primary N) is 1. The van der Waals surface area contributed by atoms with Gasteiger partial charge in [0.2, 0.25) is 0 Å². The van der Waals surface area contributed by atoms with Crippen LogP contribution in [0, 0.1) is 0 Å². The van der Waals surface area contributed by atoms with Crippen molar-refractivity contribution in [3.8, 4) is 17.1 Å². The summed E-state index contributed by atoms with van der Waals surface area (Å²) in [6, 6.07) is 12.2. The van der Waals surface area contributed by atoms with Gasteiger partial charge in [0.25, 0.3) is 0 Å². The number of carbonyl (C=O) groups excluding carboxylic acids is 2. The Hall–Kier alpha value is -2.80. The molecule has 3 rings (SSSR count). The van der Waals surface area contributed by atoms with Crippen molar-refractivity contribution in [1.82, 2.24) is 0 Å². The highest BCUT2D eigenvalue weighted by Crippen LogP contribution is 2.36. The summed E-state index contributed by atoms with van der Waals surface area (Å²) in [5.41, 5.74) is 6.20. The van der Waals surface area contributed by atoms with Gasteiger partial charge in [-0.2, -0.15) is 0 Å². The van der Waals surface area contributed by atoms with Crippen LogP contribution in [0.5, 0.6) is 5.75 Å². The third-order valence-electron chi connectivity index (χ3n) is 3.40.